The average Bonchev–Trinajstić information content (AvgIpc) is 3.10. The number of nitrogens with one attached hydrogen (secondary N) is 1. The highest BCUT2D eigenvalue weighted by atomic mass is 16.7. The van der Waals surface area contributed by atoms with Gasteiger partial charge >= 0.3 is 0 Å². The van der Waals surface area contributed by atoms with Gasteiger partial charge in [0.15, 0.2) is 17.1 Å². The Morgan fingerprint density at radius 1 is 1.23 bits per heavy atom. The Kier molecular flexibility index (Phi) is 2.72. The molecule has 3 aromatic rings. The predicted octanol–water partition coefficient (Wildman–Crippen LogP) is 2.02. The molecule has 1 N–H and O–H groups in total. The molecule has 0 saturated heterocycles. The zero-order valence-corrected chi connectivity index (χ0v) is 11.7. The maximum absolute atomic E-state index is 12.5. The van der Waals surface area contributed by atoms with Crippen molar-refractivity contribution in [2.24, 2.45) is 0 Å². The molecule has 1 amide bonds. The normalized spacial score (nSPS) is 12.6. The highest BCUT2D eigenvalue weighted by molar-refractivity contribution is 6.03. The second-order valence-corrected chi connectivity index (χ2v) is 4.91. The molecule has 0 aliphatic carbocycles. The van der Waals surface area contributed by atoms with Gasteiger partial charge in [-0.25, -0.2) is 9.50 Å². The van der Waals surface area contributed by atoms with Crippen molar-refractivity contribution < 1.29 is 14.3 Å². The van der Waals surface area contributed by atoms with E-state index in [2.05, 4.69) is 15.4 Å². The second-order valence-electron chi connectivity index (χ2n) is 4.91. The number of hydrogen-bond donors (Lipinski definition) is 1. The summed E-state index contributed by atoms with van der Waals surface area (Å²) in [5.74, 6) is 1.02. The minimum Gasteiger partial charge on any atom is -0.454 e. The summed E-state index contributed by atoms with van der Waals surface area (Å²) in [5, 5.41) is 7.11. The Balaban J connectivity index is 1.66. The van der Waals surface area contributed by atoms with Gasteiger partial charge in [-0.2, -0.15) is 5.10 Å². The molecule has 7 nitrogen and oxygen atoms in total. The number of amides is 1. The van der Waals surface area contributed by atoms with Crippen LogP contribution in [0, 0.1) is 6.92 Å². The van der Waals surface area contributed by atoms with Gasteiger partial charge in [-0.15, -0.1) is 0 Å². The first-order chi connectivity index (χ1) is 10.7. The summed E-state index contributed by atoms with van der Waals surface area (Å²) in [5.41, 5.74) is 2.48. The highest BCUT2D eigenvalue weighted by Gasteiger charge is 2.16. The Morgan fingerprint density at radius 2 is 2.09 bits per heavy atom. The number of aryl methyl sites for hydroxylation is 1. The summed E-state index contributed by atoms with van der Waals surface area (Å²) >= 11 is 0. The average molecular weight is 296 g/mol. The van der Waals surface area contributed by atoms with Gasteiger partial charge in [0.1, 0.15) is 5.69 Å². The van der Waals surface area contributed by atoms with Crippen LogP contribution in [0.5, 0.6) is 11.5 Å². The largest absolute Gasteiger partial charge is 0.454 e. The van der Waals surface area contributed by atoms with E-state index in [1.165, 1.54) is 4.52 Å². The lowest BCUT2D eigenvalue weighted by Crippen LogP contribution is -2.16. The summed E-state index contributed by atoms with van der Waals surface area (Å²) in [6.07, 6.45) is 1.59. The molecule has 0 atom stereocenters. The molecular formula is C15H12N4O3. The van der Waals surface area contributed by atoms with Gasteiger partial charge in [-0.05, 0) is 25.1 Å². The van der Waals surface area contributed by atoms with Crippen molar-refractivity contribution in [1.29, 1.82) is 0 Å². The maximum Gasteiger partial charge on any atom is 0.274 e. The smallest absolute Gasteiger partial charge is 0.274 e. The van der Waals surface area contributed by atoms with E-state index in [9.17, 15) is 4.79 Å². The van der Waals surface area contributed by atoms with Crippen LogP contribution in [0.25, 0.3) is 5.65 Å². The first-order valence-electron chi connectivity index (χ1n) is 6.73. The summed E-state index contributed by atoms with van der Waals surface area (Å²) in [4.78, 5) is 16.6. The van der Waals surface area contributed by atoms with Crippen molar-refractivity contribution in [3.63, 3.8) is 0 Å². The number of ether oxygens (including phenoxy) is 2. The molecule has 1 aliphatic rings. The number of nitrogens with zero attached hydrogens (tertiary/aromatic N) is 3. The molecule has 0 unspecified atom stereocenters. The van der Waals surface area contributed by atoms with Crippen molar-refractivity contribution in [1.82, 2.24) is 14.6 Å². The zero-order valence-electron chi connectivity index (χ0n) is 11.7. The van der Waals surface area contributed by atoms with Crippen molar-refractivity contribution in [3.05, 3.63) is 47.9 Å². The number of rotatable bonds is 2. The third-order valence-corrected chi connectivity index (χ3v) is 3.34. The Hall–Kier alpha value is -3.09. The third-order valence-electron chi connectivity index (χ3n) is 3.34. The Morgan fingerprint density at radius 3 is 3.00 bits per heavy atom. The third kappa shape index (κ3) is 2.03. The van der Waals surface area contributed by atoms with Crippen molar-refractivity contribution in [2.75, 3.05) is 12.1 Å². The summed E-state index contributed by atoms with van der Waals surface area (Å²) in [6, 6.07) is 8.70. The van der Waals surface area contributed by atoms with Crippen molar-refractivity contribution in [2.45, 2.75) is 6.92 Å². The number of carbonyl (C=O) groups is 1. The molecule has 7 heteroatoms. The fourth-order valence-corrected chi connectivity index (χ4v) is 2.35. The van der Waals surface area contributed by atoms with Crippen LogP contribution in [0.1, 0.15) is 16.2 Å². The lowest BCUT2D eigenvalue weighted by Gasteiger charge is -2.07. The second kappa shape index (κ2) is 4.73. The van der Waals surface area contributed by atoms with Crippen LogP contribution in [0.3, 0.4) is 0 Å². The molecule has 22 heavy (non-hydrogen) atoms. The molecular weight excluding hydrogens is 284 g/mol. The molecule has 0 radical (unpaired) electrons. The van der Waals surface area contributed by atoms with Gasteiger partial charge < -0.3 is 14.8 Å². The van der Waals surface area contributed by atoms with Crippen LogP contribution in [-0.2, 0) is 0 Å². The lowest BCUT2D eigenvalue weighted by molar-refractivity contribution is 0.102. The number of carbonyl (C=O) groups excluding carboxylic acids is 1. The number of hydrogen-bond acceptors (Lipinski definition) is 5. The van der Waals surface area contributed by atoms with E-state index in [0.29, 0.717) is 28.5 Å². The Bertz CT molecular complexity index is 888. The van der Waals surface area contributed by atoms with Crippen LogP contribution in [0.4, 0.5) is 5.69 Å². The quantitative estimate of drug-likeness (QED) is 0.782. The van der Waals surface area contributed by atoms with Gasteiger partial charge in [0.2, 0.25) is 6.79 Å². The Labute approximate surface area is 125 Å². The van der Waals surface area contributed by atoms with E-state index in [1.807, 2.05) is 13.0 Å². The van der Waals surface area contributed by atoms with Crippen LogP contribution in [-0.4, -0.2) is 27.3 Å². The van der Waals surface area contributed by atoms with Gasteiger partial charge in [-0.1, -0.05) is 0 Å². The van der Waals surface area contributed by atoms with Gasteiger partial charge in [0.05, 0.1) is 5.69 Å². The van der Waals surface area contributed by atoms with Crippen molar-refractivity contribution >= 4 is 17.2 Å². The first kappa shape index (κ1) is 12.6. The van der Waals surface area contributed by atoms with E-state index in [1.54, 1.807) is 30.5 Å². The monoisotopic (exact) mass is 296 g/mol. The lowest BCUT2D eigenvalue weighted by atomic mass is 10.2. The molecule has 1 aliphatic heterocycles. The molecule has 2 aromatic heterocycles. The van der Waals surface area contributed by atoms with Crippen molar-refractivity contribution in [3.8, 4) is 11.5 Å². The fourth-order valence-electron chi connectivity index (χ4n) is 2.35. The molecule has 110 valence electrons. The molecule has 0 bridgehead atoms. The van der Waals surface area contributed by atoms with E-state index in [0.717, 1.165) is 5.69 Å². The van der Waals surface area contributed by atoms with E-state index < -0.39 is 0 Å². The van der Waals surface area contributed by atoms with Crippen LogP contribution >= 0.6 is 0 Å². The van der Waals surface area contributed by atoms with Gasteiger partial charge in [0.25, 0.3) is 5.91 Å². The molecule has 0 fully saturated rings. The minimum atomic E-state index is -0.269. The minimum absolute atomic E-state index is 0.199. The number of fused-ring (bicyclic) bond motifs is 2. The standard InChI is InChI=1S/C15H12N4O3/c1-9-6-14-16-5-4-11(19(14)18-9)15(20)17-10-2-3-12-13(7-10)22-8-21-12/h2-7H,8H2,1H3,(H,17,20). The molecule has 1 aromatic carbocycles. The molecule has 0 spiro atoms. The van der Waals surface area contributed by atoms with Gasteiger partial charge in [0, 0.05) is 24.0 Å². The fraction of sp³-hybridized carbons (Fsp3) is 0.133. The molecule has 0 saturated carbocycles. The number of anilines is 1. The SMILES string of the molecule is Cc1cc2nccc(C(=O)Nc3ccc4c(c3)OCO4)n2n1. The summed E-state index contributed by atoms with van der Waals surface area (Å²) in [7, 11) is 0. The summed E-state index contributed by atoms with van der Waals surface area (Å²) < 4.78 is 12.1. The molecule has 4 rings (SSSR count). The zero-order chi connectivity index (χ0) is 15.1. The van der Waals surface area contributed by atoms with Gasteiger partial charge in [-0.3, -0.25) is 4.79 Å². The number of benzene rings is 1. The maximum atomic E-state index is 12.5. The predicted molar refractivity (Wildman–Crippen MR) is 78.2 cm³/mol. The van der Waals surface area contributed by atoms with E-state index in [4.69, 9.17) is 9.47 Å². The highest BCUT2D eigenvalue weighted by Crippen LogP contribution is 2.34. The molecule has 3 heterocycles. The van der Waals surface area contributed by atoms with E-state index in [-0.39, 0.29) is 12.7 Å². The van der Waals surface area contributed by atoms with Crippen LogP contribution in [0.15, 0.2) is 36.5 Å². The first-order valence-corrected chi connectivity index (χ1v) is 6.73. The topological polar surface area (TPSA) is 77.8 Å². The summed E-state index contributed by atoms with van der Waals surface area (Å²) in [6.45, 7) is 2.05. The van der Waals surface area contributed by atoms with E-state index >= 15 is 0 Å². The van der Waals surface area contributed by atoms with Crippen LogP contribution < -0.4 is 14.8 Å². The van der Waals surface area contributed by atoms with Crippen LogP contribution in [0.2, 0.25) is 0 Å². The number of aromatic nitrogens is 3.